The summed E-state index contributed by atoms with van der Waals surface area (Å²) in [5.74, 6) is 0.109. The molecule has 0 unspecified atom stereocenters. The van der Waals surface area contributed by atoms with E-state index in [1.165, 1.54) is 18.4 Å². The third-order valence-electron chi connectivity index (χ3n) is 3.28. The summed E-state index contributed by atoms with van der Waals surface area (Å²) in [7, 11) is 1.87. The molecule has 0 saturated heterocycles. The summed E-state index contributed by atoms with van der Waals surface area (Å²) in [4.78, 5) is 14.2. The van der Waals surface area contributed by atoms with Crippen molar-refractivity contribution in [1.82, 2.24) is 9.47 Å². The Balaban J connectivity index is 1.75. The maximum Gasteiger partial charge on any atom is 0.270 e. The Morgan fingerprint density at radius 1 is 1.50 bits per heavy atom. The van der Waals surface area contributed by atoms with E-state index in [0.717, 1.165) is 5.69 Å². The Morgan fingerprint density at radius 2 is 2.33 bits per heavy atom. The van der Waals surface area contributed by atoms with Crippen molar-refractivity contribution in [3.8, 4) is 0 Å². The molecule has 0 bridgehead atoms. The number of thiophene rings is 1. The highest BCUT2D eigenvalue weighted by Crippen LogP contribution is 2.36. The van der Waals surface area contributed by atoms with E-state index in [1.807, 2.05) is 30.8 Å². The maximum absolute atomic E-state index is 12.4. The van der Waals surface area contributed by atoms with E-state index in [2.05, 4.69) is 16.0 Å². The normalized spacial score (nSPS) is 14.7. The van der Waals surface area contributed by atoms with E-state index in [1.54, 1.807) is 16.2 Å². The highest BCUT2D eigenvalue weighted by Gasteiger charge is 2.27. The van der Waals surface area contributed by atoms with Crippen molar-refractivity contribution in [2.75, 3.05) is 7.05 Å². The fourth-order valence-corrected chi connectivity index (χ4v) is 2.83. The number of hydrogen-bond acceptors (Lipinski definition) is 2. The number of carbonyl (C=O) groups is 1. The van der Waals surface area contributed by atoms with Gasteiger partial charge in [-0.15, -0.1) is 0 Å². The first-order chi connectivity index (χ1) is 8.75. The summed E-state index contributed by atoms with van der Waals surface area (Å²) in [6.45, 7) is 0.679. The second kappa shape index (κ2) is 4.61. The van der Waals surface area contributed by atoms with Crippen LogP contribution in [-0.4, -0.2) is 22.4 Å². The highest BCUT2D eigenvalue weighted by molar-refractivity contribution is 7.07. The molecule has 1 saturated carbocycles. The van der Waals surface area contributed by atoms with Crippen LogP contribution >= 0.6 is 11.3 Å². The monoisotopic (exact) mass is 260 g/mol. The summed E-state index contributed by atoms with van der Waals surface area (Å²) < 4.78 is 2.12. The van der Waals surface area contributed by atoms with Gasteiger partial charge in [0.2, 0.25) is 0 Å². The molecule has 0 atom stereocenters. The molecule has 3 rings (SSSR count). The van der Waals surface area contributed by atoms with E-state index < -0.39 is 0 Å². The topological polar surface area (TPSA) is 25.2 Å². The molecule has 0 spiro atoms. The van der Waals surface area contributed by atoms with Crippen molar-refractivity contribution in [2.24, 2.45) is 0 Å². The molecular weight excluding hydrogens is 244 g/mol. The van der Waals surface area contributed by atoms with E-state index >= 15 is 0 Å². The second-order valence-electron chi connectivity index (χ2n) is 4.82. The minimum absolute atomic E-state index is 0.109. The van der Waals surface area contributed by atoms with Crippen LogP contribution in [0.1, 0.15) is 34.9 Å². The van der Waals surface area contributed by atoms with Gasteiger partial charge in [0.05, 0.1) is 0 Å². The predicted molar refractivity (Wildman–Crippen MR) is 72.8 cm³/mol. The van der Waals surface area contributed by atoms with Gasteiger partial charge in [-0.25, -0.2) is 0 Å². The molecule has 18 heavy (non-hydrogen) atoms. The summed E-state index contributed by atoms with van der Waals surface area (Å²) in [6, 6.07) is 6.50. The van der Waals surface area contributed by atoms with Crippen LogP contribution in [0.15, 0.2) is 35.2 Å². The fraction of sp³-hybridized carbons (Fsp3) is 0.357. The van der Waals surface area contributed by atoms with E-state index in [-0.39, 0.29) is 5.91 Å². The predicted octanol–water partition coefficient (Wildman–Crippen LogP) is 3.16. The zero-order chi connectivity index (χ0) is 12.5. The first-order valence-electron chi connectivity index (χ1n) is 6.19. The standard InChI is InChI=1S/C14H16N2OS/c1-15(9-11-6-8-18-10-11)14(17)13-3-2-7-16(13)12-4-5-12/h2-3,6-8,10,12H,4-5,9H2,1H3. The Bertz CT molecular complexity index is 540. The van der Waals surface area contributed by atoms with Crippen LogP contribution in [0.4, 0.5) is 0 Å². The molecule has 0 aliphatic heterocycles. The zero-order valence-electron chi connectivity index (χ0n) is 10.4. The Labute approximate surface area is 111 Å². The van der Waals surface area contributed by atoms with Gasteiger partial charge in [0, 0.05) is 25.8 Å². The number of carbonyl (C=O) groups excluding carboxylic acids is 1. The summed E-state index contributed by atoms with van der Waals surface area (Å²) >= 11 is 1.67. The molecule has 1 fully saturated rings. The number of rotatable bonds is 4. The third kappa shape index (κ3) is 2.20. The number of aromatic nitrogens is 1. The van der Waals surface area contributed by atoms with Crippen molar-refractivity contribution in [1.29, 1.82) is 0 Å². The van der Waals surface area contributed by atoms with Gasteiger partial charge < -0.3 is 9.47 Å². The largest absolute Gasteiger partial charge is 0.340 e. The maximum atomic E-state index is 12.4. The lowest BCUT2D eigenvalue weighted by atomic mass is 10.3. The fourth-order valence-electron chi connectivity index (χ4n) is 2.17. The first kappa shape index (κ1) is 11.5. The molecule has 2 heterocycles. The molecule has 0 aromatic carbocycles. The Morgan fingerprint density at radius 3 is 3.00 bits per heavy atom. The van der Waals surface area contributed by atoms with E-state index in [4.69, 9.17) is 0 Å². The van der Waals surface area contributed by atoms with Gasteiger partial charge in [-0.2, -0.15) is 11.3 Å². The molecule has 94 valence electrons. The minimum Gasteiger partial charge on any atom is -0.340 e. The first-order valence-corrected chi connectivity index (χ1v) is 7.13. The third-order valence-corrected chi connectivity index (χ3v) is 4.02. The molecule has 2 aromatic heterocycles. The summed E-state index contributed by atoms with van der Waals surface area (Å²) in [5.41, 5.74) is 2.01. The van der Waals surface area contributed by atoms with Crippen LogP contribution < -0.4 is 0 Å². The van der Waals surface area contributed by atoms with Gasteiger partial charge in [-0.3, -0.25) is 4.79 Å². The Hall–Kier alpha value is -1.55. The van der Waals surface area contributed by atoms with Gasteiger partial charge in [0.15, 0.2) is 0 Å². The SMILES string of the molecule is CN(Cc1ccsc1)C(=O)c1cccn1C1CC1. The minimum atomic E-state index is 0.109. The van der Waals surface area contributed by atoms with Gasteiger partial charge in [0.1, 0.15) is 5.69 Å². The number of amides is 1. The van der Waals surface area contributed by atoms with Gasteiger partial charge in [-0.1, -0.05) is 0 Å². The molecule has 1 amide bonds. The van der Waals surface area contributed by atoms with E-state index in [9.17, 15) is 4.79 Å². The van der Waals surface area contributed by atoms with Crippen molar-refractivity contribution >= 4 is 17.2 Å². The molecule has 2 aromatic rings. The Kier molecular flexibility index (Phi) is 2.96. The molecule has 1 aliphatic carbocycles. The van der Waals surface area contributed by atoms with Crippen LogP contribution in [-0.2, 0) is 6.54 Å². The molecule has 0 N–H and O–H groups in total. The van der Waals surface area contributed by atoms with Gasteiger partial charge >= 0.3 is 0 Å². The lowest BCUT2D eigenvalue weighted by Crippen LogP contribution is -2.27. The van der Waals surface area contributed by atoms with Gasteiger partial charge in [-0.05, 0) is 47.4 Å². The molecule has 4 heteroatoms. The quantitative estimate of drug-likeness (QED) is 0.829. The number of hydrogen-bond donors (Lipinski definition) is 0. The summed E-state index contributed by atoms with van der Waals surface area (Å²) in [5, 5.41) is 4.13. The molecule has 0 radical (unpaired) electrons. The smallest absolute Gasteiger partial charge is 0.270 e. The lowest BCUT2D eigenvalue weighted by Gasteiger charge is -2.17. The molecule has 1 aliphatic rings. The molecular formula is C14H16N2OS. The average molecular weight is 260 g/mol. The van der Waals surface area contributed by atoms with Crippen LogP contribution in [0.2, 0.25) is 0 Å². The van der Waals surface area contributed by atoms with E-state index in [0.29, 0.717) is 12.6 Å². The average Bonchev–Trinajstić information content (AvgIpc) is 2.90. The molecule has 3 nitrogen and oxygen atoms in total. The van der Waals surface area contributed by atoms with Crippen LogP contribution in [0, 0.1) is 0 Å². The van der Waals surface area contributed by atoms with Crippen molar-refractivity contribution in [2.45, 2.75) is 25.4 Å². The van der Waals surface area contributed by atoms with Crippen LogP contribution in [0.25, 0.3) is 0 Å². The van der Waals surface area contributed by atoms with Gasteiger partial charge in [0.25, 0.3) is 5.91 Å². The van der Waals surface area contributed by atoms with Crippen molar-refractivity contribution in [3.05, 3.63) is 46.4 Å². The number of nitrogens with zero attached hydrogens (tertiary/aromatic N) is 2. The zero-order valence-corrected chi connectivity index (χ0v) is 11.2. The highest BCUT2D eigenvalue weighted by atomic mass is 32.1. The summed E-state index contributed by atoms with van der Waals surface area (Å²) in [6.07, 6.45) is 4.41. The van der Waals surface area contributed by atoms with Crippen LogP contribution in [0.5, 0.6) is 0 Å². The lowest BCUT2D eigenvalue weighted by molar-refractivity contribution is 0.0774. The van der Waals surface area contributed by atoms with Crippen LogP contribution in [0.3, 0.4) is 0 Å². The van der Waals surface area contributed by atoms with Crippen molar-refractivity contribution in [3.63, 3.8) is 0 Å². The second-order valence-corrected chi connectivity index (χ2v) is 5.60. The van der Waals surface area contributed by atoms with Crippen molar-refractivity contribution < 1.29 is 4.79 Å².